The second kappa shape index (κ2) is 70.6. The number of rotatable bonds is 69. The lowest BCUT2D eigenvalue weighted by Crippen LogP contribution is -2.30. The molecule has 17 nitrogen and oxygen atoms in total. The van der Waals surface area contributed by atoms with Gasteiger partial charge < -0.3 is 33.8 Å². The molecule has 3 N–H and O–H groups in total. The van der Waals surface area contributed by atoms with Crippen molar-refractivity contribution in [3.63, 3.8) is 0 Å². The van der Waals surface area contributed by atoms with Gasteiger partial charge in [-0.3, -0.25) is 37.3 Å². The Morgan fingerprint density at radius 1 is 0.306 bits per heavy atom. The molecule has 0 aliphatic rings. The molecule has 0 aromatic heterocycles. The Bertz CT molecular complexity index is 2380. The quantitative estimate of drug-likeness (QED) is 0.0169. The monoisotopic (exact) mass is 1410 g/mol. The van der Waals surface area contributed by atoms with E-state index in [9.17, 15) is 43.2 Å². The van der Waals surface area contributed by atoms with Crippen LogP contribution < -0.4 is 0 Å². The summed E-state index contributed by atoms with van der Waals surface area (Å²) in [6.07, 6.45) is 77.6. The summed E-state index contributed by atoms with van der Waals surface area (Å²) in [6, 6.07) is 0. The molecule has 5 atom stereocenters. The maximum Gasteiger partial charge on any atom is 0.472 e. The highest BCUT2D eigenvalue weighted by molar-refractivity contribution is 7.47. The fraction of sp³-hybridized carbons (Fsp3) is 0.671. The van der Waals surface area contributed by atoms with Gasteiger partial charge in [-0.2, -0.15) is 0 Å². The molecule has 0 bridgehead atoms. The van der Waals surface area contributed by atoms with Crippen LogP contribution in [-0.2, 0) is 65.4 Å². The van der Waals surface area contributed by atoms with E-state index >= 15 is 0 Å². The van der Waals surface area contributed by atoms with E-state index < -0.39 is 97.5 Å². The van der Waals surface area contributed by atoms with E-state index in [-0.39, 0.29) is 25.7 Å². The number of hydrogen-bond acceptors (Lipinski definition) is 15. The first-order valence-electron chi connectivity index (χ1n) is 37.4. The molecule has 560 valence electrons. The minimum atomic E-state index is -5.00. The lowest BCUT2D eigenvalue weighted by Gasteiger charge is -2.21. The van der Waals surface area contributed by atoms with E-state index in [0.29, 0.717) is 25.7 Å². The molecule has 98 heavy (non-hydrogen) atoms. The highest BCUT2D eigenvalue weighted by Crippen LogP contribution is 2.45. The van der Waals surface area contributed by atoms with E-state index in [1.807, 2.05) is 18.2 Å². The molecular weight excluding hydrogens is 1280 g/mol. The van der Waals surface area contributed by atoms with Crippen LogP contribution in [0, 0.1) is 0 Å². The van der Waals surface area contributed by atoms with E-state index in [1.165, 1.54) is 57.8 Å². The highest BCUT2D eigenvalue weighted by atomic mass is 31.2. The summed E-state index contributed by atoms with van der Waals surface area (Å²) in [5, 5.41) is 10.6. The van der Waals surface area contributed by atoms with Gasteiger partial charge in [0.1, 0.15) is 19.3 Å². The first kappa shape index (κ1) is 93.2. The van der Waals surface area contributed by atoms with Gasteiger partial charge >= 0.3 is 39.5 Å². The minimum Gasteiger partial charge on any atom is -0.462 e. The zero-order valence-electron chi connectivity index (χ0n) is 60.9. The number of hydrogen-bond donors (Lipinski definition) is 3. The van der Waals surface area contributed by atoms with Crippen LogP contribution in [0.3, 0.4) is 0 Å². The standard InChI is InChI=1S/C79H132O17P2/c1-5-9-13-17-21-25-29-32-35-36-39-41-45-48-52-56-60-64-77(82)89-69-74(95-78(83)65-61-57-53-49-43-28-24-20-16-12-8-4)71-93-97(85,86)91-67-73(80)68-92-98(87,88)94-72-75(96-79(84)66-62-58-54-50-46-42-38-34-31-27-23-19-15-11-7-3)70-90-76(81)63-59-55-51-47-44-40-37-33-30-26-22-18-14-10-6-2/h9-10,13-14,21-23,25-27,32-35,37-39,41,44,47,55,59,73-75,80H,5-8,11-12,15-20,24,28-31,36,40,42-43,45-46,48-54,56-58,60-72H2,1-4H3,(H,85,86)(H,87,88)/b13-9-,14-10-,25-21-,26-22-,27-23-,35-32-,37-33-,38-34-,41-39-,47-44-,59-55-. The Hall–Kier alpha value is -4.80. The van der Waals surface area contributed by atoms with Crippen LogP contribution in [0.25, 0.3) is 0 Å². The maximum atomic E-state index is 13.1. The molecule has 0 aromatic carbocycles. The second-order valence-electron chi connectivity index (χ2n) is 24.5. The molecule has 0 saturated heterocycles. The normalized spacial score (nSPS) is 14.7. The third kappa shape index (κ3) is 69.7. The summed E-state index contributed by atoms with van der Waals surface area (Å²) in [5.74, 6) is -2.37. The van der Waals surface area contributed by atoms with E-state index in [1.54, 1.807) is 6.08 Å². The fourth-order valence-corrected chi connectivity index (χ4v) is 11.1. The van der Waals surface area contributed by atoms with Crippen LogP contribution in [0.4, 0.5) is 0 Å². The van der Waals surface area contributed by atoms with E-state index in [2.05, 4.69) is 137 Å². The molecular formula is C79H132O17P2. The molecule has 0 heterocycles. The van der Waals surface area contributed by atoms with Crippen LogP contribution in [0.15, 0.2) is 134 Å². The predicted octanol–water partition coefficient (Wildman–Crippen LogP) is 21.3. The Kier molecular flexibility index (Phi) is 67.2. The average Bonchev–Trinajstić information content (AvgIpc) is 0.982. The molecule has 19 heteroatoms. The van der Waals surface area contributed by atoms with Crippen molar-refractivity contribution >= 4 is 39.5 Å². The van der Waals surface area contributed by atoms with Gasteiger partial charge in [0.05, 0.1) is 32.8 Å². The smallest absolute Gasteiger partial charge is 0.462 e. The first-order chi connectivity index (χ1) is 47.7. The van der Waals surface area contributed by atoms with Gasteiger partial charge in [-0.15, -0.1) is 0 Å². The highest BCUT2D eigenvalue weighted by Gasteiger charge is 2.30. The van der Waals surface area contributed by atoms with Crippen LogP contribution in [-0.4, -0.2) is 96.7 Å². The molecule has 0 aliphatic heterocycles. The van der Waals surface area contributed by atoms with E-state index in [4.69, 9.17) is 37.0 Å². The van der Waals surface area contributed by atoms with E-state index in [0.717, 1.165) is 148 Å². The molecule has 0 aliphatic carbocycles. The zero-order chi connectivity index (χ0) is 71.8. The molecule has 0 radical (unpaired) electrons. The van der Waals surface area contributed by atoms with Crippen molar-refractivity contribution < 1.29 is 80.2 Å². The Labute approximate surface area is 593 Å². The number of phosphoric ester groups is 2. The SMILES string of the molecule is CC/C=C\C/C=C\C/C=C\C/C=C\C/C=C\CC(=O)OCC(COP(=O)(O)OCC(O)COP(=O)(O)OCC(COC(=O)CCCCCC/C=C\C/C=C\C/C=C\C/C=C\CC)OC(=O)CCCCCCCCCCCCC)OC(=O)CCCCCCC/C=C\C/C=C\CCCCC. The summed E-state index contributed by atoms with van der Waals surface area (Å²) < 4.78 is 68.2. The largest absolute Gasteiger partial charge is 0.472 e. The van der Waals surface area contributed by atoms with Crippen molar-refractivity contribution in [1.29, 1.82) is 0 Å². The van der Waals surface area contributed by atoms with Crippen LogP contribution in [0.1, 0.15) is 285 Å². The number of unbranched alkanes of at least 4 members (excludes halogenated alkanes) is 22. The van der Waals surface area contributed by atoms with Gasteiger partial charge in [0.25, 0.3) is 0 Å². The molecule has 5 unspecified atom stereocenters. The lowest BCUT2D eigenvalue weighted by atomic mass is 10.1. The number of phosphoric acid groups is 2. The second-order valence-corrected chi connectivity index (χ2v) is 27.4. The van der Waals surface area contributed by atoms with Gasteiger partial charge in [-0.05, 0) is 122 Å². The summed E-state index contributed by atoms with van der Waals surface area (Å²) in [5.41, 5.74) is 0. The summed E-state index contributed by atoms with van der Waals surface area (Å²) in [4.78, 5) is 72.7. The first-order valence-corrected chi connectivity index (χ1v) is 40.4. The molecule has 0 rings (SSSR count). The van der Waals surface area contributed by atoms with Crippen molar-refractivity contribution in [1.82, 2.24) is 0 Å². The Morgan fingerprint density at radius 3 is 0.929 bits per heavy atom. The van der Waals surface area contributed by atoms with Gasteiger partial charge in [-0.1, -0.05) is 271 Å². The van der Waals surface area contributed by atoms with Gasteiger partial charge in [0.2, 0.25) is 0 Å². The maximum absolute atomic E-state index is 13.1. The topological polar surface area (TPSA) is 237 Å². The van der Waals surface area contributed by atoms with Crippen molar-refractivity contribution in [3.05, 3.63) is 134 Å². The van der Waals surface area contributed by atoms with Crippen LogP contribution >= 0.6 is 15.6 Å². The summed E-state index contributed by atoms with van der Waals surface area (Å²) in [7, 11) is -9.98. The Morgan fingerprint density at radius 2 is 0.571 bits per heavy atom. The van der Waals surface area contributed by atoms with Crippen molar-refractivity contribution in [2.45, 2.75) is 303 Å². The molecule has 0 amide bonds. The summed E-state index contributed by atoms with van der Waals surface area (Å²) >= 11 is 0. The van der Waals surface area contributed by atoms with Crippen molar-refractivity contribution in [2.24, 2.45) is 0 Å². The number of aliphatic hydroxyl groups is 1. The third-order valence-electron chi connectivity index (χ3n) is 15.1. The zero-order valence-corrected chi connectivity index (χ0v) is 62.7. The van der Waals surface area contributed by atoms with Gasteiger partial charge in [-0.25, -0.2) is 9.13 Å². The Balaban J connectivity index is 5.42. The number of esters is 4. The third-order valence-corrected chi connectivity index (χ3v) is 17.0. The number of ether oxygens (including phenoxy) is 4. The number of carbonyl (C=O) groups is 4. The van der Waals surface area contributed by atoms with Gasteiger partial charge in [0.15, 0.2) is 12.2 Å². The van der Waals surface area contributed by atoms with Crippen LogP contribution in [0.2, 0.25) is 0 Å². The molecule has 0 spiro atoms. The van der Waals surface area contributed by atoms with Crippen molar-refractivity contribution in [2.75, 3.05) is 39.6 Å². The number of allylic oxidation sites excluding steroid dienone is 21. The molecule has 0 aromatic rings. The average molecular weight is 1420 g/mol. The lowest BCUT2D eigenvalue weighted by molar-refractivity contribution is -0.161. The molecule has 0 saturated carbocycles. The summed E-state index contributed by atoms with van der Waals surface area (Å²) in [6.45, 7) is 4.44. The minimum absolute atomic E-state index is 0.0565. The predicted molar refractivity (Wildman–Crippen MR) is 399 cm³/mol. The fourth-order valence-electron chi connectivity index (χ4n) is 9.49. The van der Waals surface area contributed by atoms with Crippen molar-refractivity contribution in [3.8, 4) is 0 Å². The van der Waals surface area contributed by atoms with Crippen LogP contribution in [0.5, 0.6) is 0 Å². The number of aliphatic hydroxyl groups excluding tert-OH is 1. The number of carbonyl (C=O) groups excluding carboxylic acids is 4. The van der Waals surface area contributed by atoms with Gasteiger partial charge in [0, 0.05) is 19.3 Å². The molecule has 0 fully saturated rings.